The monoisotopic (exact) mass is 354 g/mol. The number of nitrogens with zero attached hydrogens (tertiary/aromatic N) is 1. The largest absolute Gasteiger partial charge is 0.489 e. The lowest BCUT2D eigenvalue weighted by atomic mass is 10.2. The van der Waals surface area contributed by atoms with Gasteiger partial charge in [-0.3, -0.25) is 15.0 Å². The number of hydrogen-bond donors (Lipinski definition) is 1. The highest BCUT2D eigenvalue weighted by molar-refractivity contribution is 5.94. The summed E-state index contributed by atoms with van der Waals surface area (Å²) in [5.41, 5.74) is 4.38. The van der Waals surface area contributed by atoms with Gasteiger partial charge >= 0.3 is 5.97 Å². The van der Waals surface area contributed by atoms with Gasteiger partial charge in [-0.1, -0.05) is 30.3 Å². The van der Waals surface area contributed by atoms with Gasteiger partial charge in [-0.25, -0.2) is 5.01 Å². The number of amides is 1. The summed E-state index contributed by atoms with van der Waals surface area (Å²) in [4.78, 5) is 24.1. The Kier molecular flexibility index (Phi) is 5.86. The van der Waals surface area contributed by atoms with E-state index in [9.17, 15) is 9.59 Å². The molecule has 6 nitrogen and oxygen atoms in total. The Hall–Kier alpha value is -2.86. The molecule has 0 radical (unpaired) electrons. The molecule has 1 saturated heterocycles. The summed E-state index contributed by atoms with van der Waals surface area (Å²) < 4.78 is 10.5. The molecular weight excluding hydrogens is 332 g/mol. The van der Waals surface area contributed by atoms with Crippen LogP contribution >= 0.6 is 0 Å². The molecule has 1 amide bonds. The van der Waals surface area contributed by atoms with E-state index in [1.165, 1.54) is 7.11 Å². The van der Waals surface area contributed by atoms with Crippen LogP contribution in [-0.2, 0) is 16.1 Å². The van der Waals surface area contributed by atoms with Crippen molar-refractivity contribution in [3.05, 3.63) is 65.7 Å². The van der Waals surface area contributed by atoms with E-state index in [0.717, 1.165) is 12.0 Å². The van der Waals surface area contributed by atoms with E-state index in [0.29, 0.717) is 30.9 Å². The Balaban J connectivity index is 1.56. The quantitative estimate of drug-likeness (QED) is 0.808. The average molecular weight is 354 g/mol. The third-order valence-electron chi connectivity index (χ3n) is 4.34. The molecule has 1 aliphatic rings. The molecule has 0 saturated carbocycles. The summed E-state index contributed by atoms with van der Waals surface area (Å²) in [6.45, 7) is 1.10. The van der Waals surface area contributed by atoms with Crippen molar-refractivity contribution in [3.63, 3.8) is 0 Å². The summed E-state index contributed by atoms with van der Waals surface area (Å²) in [6, 6.07) is 16.4. The van der Waals surface area contributed by atoms with Gasteiger partial charge < -0.3 is 9.47 Å². The fourth-order valence-electron chi connectivity index (χ4n) is 2.92. The molecule has 6 heteroatoms. The Morgan fingerprint density at radius 2 is 1.85 bits per heavy atom. The van der Waals surface area contributed by atoms with E-state index >= 15 is 0 Å². The second-order valence-electron chi connectivity index (χ2n) is 6.11. The number of benzene rings is 2. The van der Waals surface area contributed by atoms with Crippen molar-refractivity contribution in [2.24, 2.45) is 0 Å². The van der Waals surface area contributed by atoms with Gasteiger partial charge in [-0.05, 0) is 42.7 Å². The number of hydrogen-bond acceptors (Lipinski definition) is 5. The zero-order valence-electron chi connectivity index (χ0n) is 14.7. The van der Waals surface area contributed by atoms with Crippen LogP contribution in [0.15, 0.2) is 54.6 Å². The number of nitrogens with one attached hydrogen (secondary N) is 1. The second kappa shape index (κ2) is 8.49. The van der Waals surface area contributed by atoms with Crippen LogP contribution in [0, 0.1) is 0 Å². The number of hydrazine groups is 1. The first-order valence-electron chi connectivity index (χ1n) is 8.59. The van der Waals surface area contributed by atoms with Gasteiger partial charge in [0, 0.05) is 12.1 Å². The first-order valence-corrected chi connectivity index (χ1v) is 8.59. The van der Waals surface area contributed by atoms with Crippen molar-refractivity contribution in [1.29, 1.82) is 0 Å². The van der Waals surface area contributed by atoms with E-state index in [1.54, 1.807) is 29.3 Å². The fraction of sp³-hybridized carbons (Fsp3) is 0.300. The minimum absolute atomic E-state index is 0.254. The maximum Gasteiger partial charge on any atom is 0.324 e. The molecule has 1 atom stereocenters. The van der Waals surface area contributed by atoms with Crippen molar-refractivity contribution in [2.75, 3.05) is 13.7 Å². The topological polar surface area (TPSA) is 67.9 Å². The molecule has 1 N–H and O–H groups in total. The molecule has 0 spiro atoms. The summed E-state index contributed by atoms with van der Waals surface area (Å²) in [5, 5.41) is 1.65. The summed E-state index contributed by atoms with van der Waals surface area (Å²) in [5.74, 6) is 0.113. The minimum atomic E-state index is -0.419. The summed E-state index contributed by atoms with van der Waals surface area (Å²) >= 11 is 0. The zero-order chi connectivity index (χ0) is 18.4. The van der Waals surface area contributed by atoms with E-state index in [4.69, 9.17) is 9.47 Å². The lowest BCUT2D eigenvalue weighted by Gasteiger charge is -2.23. The Labute approximate surface area is 152 Å². The molecule has 0 bridgehead atoms. The van der Waals surface area contributed by atoms with Gasteiger partial charge in [-0.2, -0.15) is 0 Å². The lowest BCUT2D eigenvalue weighted by Crippen LogP contribution is -2.48. The first kappa shape index (κ1) is 17.9. The van der Waals surface area contributed by atoms with Crippen molar-refractivity contribution >= 4 is 11.9 Å². The van der Waals surface area contributed by atoms with Gasteiger partial charge in [-0.15, -0.1) is 0 Å². The van der Waals surface area contributed by atoms with Crippen molar-refractivity contribution in [2.45, 2.75) is 25.5 Å². The molecule has 1 fully saturated rings. The third kappa shape index (κ3) is 4.40. The lowest BCUT2D eigenvalue weighted by molar-refractivity contribution is -0.146. The van der Waals surface area contributed by atoms with Crippen LogP contribution in [0.25, 0.3) is 0 Å². The average Bonchev–Trinajstić information content (AvgIpc) is 3.15. The standard InChI is InChI=1S/C20H22N2O4/c1-25-20(24)18-8-5-13-22(18)21-19(23)16-9-11-17(12-10-16)26-14-15-6-3-2-4-7-15/h2-4,6-7,9-12,18H,5,8,13-14H2,1H3,(H,21,23)/t18-/m0/s1. The highest BCUT2D eigenvalue weighted by Gasteiger charge is 2.32. The molecule has 26 heavy (non-hydrogen) atoms. The fourth-order valence-corrected chi connectivity index (χ4v) is 2.92. The number of carbonyl (C=O) groups excluding carboxylic acids is 2. The molecule has 0 unspecified atom stereocenters. The Morgan fingerprint density at radius 3 is 2.54 bits per heavy atom. The van der Waals surface area contributed by atoms with Crippen LogP contribution < -0.4 is 10.2 Å². The van der Waals surface area contributed by atoms with Crippen LogP contribution in [0.2, 0.25) is 0 Å². The zero-order valence-corrected chi connectivity index (χ0v) is 14.7. The predicted molar refractivity (Wildman–Crippen MR) is 96.4 cm³/mol. The highest BCUT2D eigenvalue weighted by atomic mass is 16.5. The molecule has 3 rings (SSSR count). The molecule has 2 aromatic carbocycles. The normalized spacial score (nSPS) is 16.9. The van der Waals surface area contributed by atoms with Gasteiger partial charge in [0.25, 0.3) is 5.91 Å². The maximum absolute atomic E-state index is 12.4. The second-order valence-corrected chi connectivity index (χ2v) is 6.11. The molecule has 136 valence electrons. The van der Waals surface area contributed by atoms with Gasteiger partial charge in [0.15, 0.2) is 0 Å². The smallest absolute Gasteiger partial charge is 0.324 e. The van der Waals surface area contributed by atoms with Gasteiger partial charge in [0.05, 0.1) is 7.11 Å². The molecule has 0 aromatic heterocycles. The Morgan fingerprint density at radius 1 is 1.12 bits per heavy atom. The molecule has 1 heterocycles. The number of carbonyl (C=O) groups is 2. The van der Waals surface area contributed by atoms with E-state index in [-0.39, 0.29) is 11.9 Å². The number of methoxy groups -OCH3 is 1. The van der Waals surface area contributed by atoms with Crippen molar-refractivity contribution in [1.82, 2.24) is 10.4 Å². The minimum Gasteiger partial charge on any atom is -0.489 e. The van der Waals surface area contributed by atoms with Gasteiger partial charge in [0.2, 0.25) is 0 Å². The number of esters is 1. The van der Waals surface area contributed by atoms with Crippen LogP contribution in [0.1, 0.15) is 28.8 Å². The van der Waals surface area contributed by atoms with Crippen LogP contribution in [-0.4, -0.2) is 36.6 Å². The number of rotatable bonds is 6. The summed E-state index contributed by atoms with van der Waals surface area (Å²) in [6.07, 6.45) is 1.52. The van der Waals surface area contributed by atoms with Crippen molar-refractivity contribution < 1.29 is 19.1 Å². The molecule has 1 aliphatic heterocycles. The van der Waals surface area contributed by atoms with Gasteiger partial charge in [0.1, 0.15) is 18.4 Å². The Bertz CT molecular complexity index is 746. The van der Waals surface area contributed by atoms with Crippen LogP contribution in [0.4, 0.5) is 0 Å². The number of ether oxygens (including phenoxy) is 2. The first-order chi connectivity index (χ1) is 12.7. The van der Waals surface area contributed by atoms with E-state index in [2.05, 4.69) is 5.43 Å². The van der Waals surface area contributed by atoms with Crippen LogP contribution in [0.5, 0.6) is 5.75 Å². The van der Waals surface area contributed by atoms with Crippen molar-refractivity contribution in [3.8, 4) is 5.75 Å². The predicted octanol–water partition coefficient (Wildman–Crippen LogP) is 2.55. The van der Waals surface area contributed by atoms with E-state index < -0.39 is 6.04 Å². The van der Waals surface area contributed by atoms with E-state index in [1.807, 2.05) is 30.3 Å². The maximum atomic E-state index is 12.4. The summed E-state index contributed by atoms with van der Waals surface area (Å²) in [7, 11) is 1.36. The highest BCUT2D eigenvalue weighted by Crippen LogP contribution is 2.18. The molecule has 2 aromatic rings. The molecule has 0 aliphatic carbocycles. The van der Waals surface area contributed by atoms with Crippen LogP contribution in [0.3, 0.4) is 0 Å². The third-order valence-corrected chi connectivity index (χ3v) is 4.34. The SMILES string of the molecule is COC(=O)[C@@H]1CCCN1NC(=O)c1ccc(OCc2ccccc2)cc1. The molecular formula is C20H22N2O4.